The second-order valence-corrected chi connectivity index (χ2v) is 10.3. The first kappa shape index (κ1) is 27.2. The Labute approximate surface area is 227 Å². The van der Waals surface area contributed by atoms with Gasteiger partial charge in [0.2, 0.25) is 18.1 Å². The average molecular weight is 539 g/mol. The van der Waals surface area contributed by atoms with Crippen LogP contribution in [0.2, 0.25) is 0 Å². The molecule has 1 amide bonds. The normalized spacial score (nSPS) is 21.6. The van der Waals surface area contributed by atoms with Crippen molar-refractivity contribution < 1.29 is 23.4 Å². The molecule has 1 aromatic carbocycles. The fourth-order valence-electron chi connectivity index (χ4n) is 4.87. The number of ether oxygens (including phenoxy) is 3. The zero-order valence-electron chi connectivity index (χ0n) is 22.4. The summed E-state index contributed by atoms with van der Waals surface area (Å²) in [5, 5.41) is 3.20. The molecule has 0 bridgehead atoms. The minimum absolute atomic E-state index is 0.0688. The highest BCUT2D eigenvalue weighted by atomic mass is 19.1. The molecule has 0 aliphatic carbocycles. The van der Waals surface area contributed by atoms with Crippen molar-refractivity contribution in [1.29, 1.82) is 0 Å². The van der Waals surface area contributed by atoms with Gasteiger partial charge >= 0.3 is 0 Å². The maximum Gasteiger partial charge on any atom is 0.233 e. The molecule has 0 saturated carbocycles. The summed E-state index contributed by atoms with van der Waals surface area (Å²) in [6.07, 6.45) is 4.91. The summed E-state index contributed by atoms with van der Waals surface area (Å²) in [7, 11) is 1.66. The molecule has 0 unspecified atom stereocenters. The molecule has 0 atom stereocenters. The van der Waals surface area contributed by atoms with Crippen LogP contribution in [0.4, 0.5) is 10.3 Å². The van der Waals surface area contributed by atoms with Crippen molar-refractivity contribution in [2.75, 3.05) is 51.9 Å². The summed E-state index contributed by atoms with van der Waals surface area (Å²) in [6.45, 7) is 5.19. The van der Waals surface area contributed by atoms with Crippen molar-refractivity contribution >= 4 is 11.9 Å². The van der Waals surface area contributed by atoms with Crippen LogP contribution in [0.3, 0.4) is 0 Å². The number of carbonyl (C=O) groups is 1. The Bertz CT molecular complexity index is 1250. The molecular weight excluding hydrogens is 503 g/mol. The molecule has 2 aliphatic heterocycles. The van der Waals surface area contributed by atoms with Gasteiger partial charge in [-0.1, -0.05) is 0 Å². The van der Waals surface area contributed by atoms with E-state index in [-0.39, 0.29) is 24.9 Å². The van der Waals surface area contributed by atoms with Gasteiger partial charge in [0, 0.05) is 45.1 Å². The van der Waals surface area contributed by atoms with Crippen LogP contribution in [-0.4, -0.2) is 77.3 Å². The van der Waals surface area contributed by atoms with Gasteiger partial charge in [-0.2, -0.15) is 0 Å². The second kappa shape index (κ2) is 12.2. The Kier molecular flexibility index (Phi) is 8.49. The molecule has 2 fully saturated rings. The number of aromatic nitrogens is 4. The molecule has 2 aromatic heterocycles. The Morgan fingerprint density at radius 1 is 1.15 bits per heavy atom. The topological polar surface area (TPSA) is 114 Å². The third-order valence-corrected chi connectivity index (χ3v) is 7.05. The SMILES string of the molecule is COCCCNc1nccc(-c2[nH]c(C3OCC(C)(C(=O)N4CCCCC4)CO3)nc2-c2ccc(F)cc2)n1. The molecule has 2 saturated heterocycles. The van der Waals surface area contributed by atoms with Crippen LogP contribution < -0.4 is 5.32 Å². The lowest BCUT2D eigenvalue weighted by Crippen LogP contribution is -2.51. The smallest absolute Gasteiger partial charge is 0.233 e. The fourth-order valence-corrected chi connectivity index (χ4v) is 4.87. The molecule has 2 N–H and O–H groups in total. The highest BCUT2D eigenvalue weighted by Gasteiger charge is 2.43. The van der Waals surface area contributed by atoms with E-state index >= 15 is 0 Å². The maximum absolute atomic E-state index is 13.7. The fraction of sp³-hybridized carbons (Fsp3) is 0.500. The Balaban J connectivity index is 1.38. The lowest BCUT2D eigenvalue weighted by molar-refractivity contribution is -0.234. The van der Waals surface area contributed by atoms with Crippen molar-refractivity contribution in [3.63, 3.8) is 0 Å². The van der Waals surface area contributed by atoms with Gasteiger partial charge in [-0.25, -0.2) is 19.3 Å². The van der Waals surface area contributed by atoms with Crippen LogP contribution in [0.15, 0.2) is 36.5 Å². The quantitative estimate of drug-likeness (QED) is 0.390. The number of piperidine rings is 1. The second-order valence-electron chi connectivity index (χ2n) is 10.3. The van der Waals surface area contributed by atoms with Gasteiger partial charge in [-0.05, 0) is 62.9 Å². The Morgan fingerprint density at radius 3 is 2.62 bits per heavy atom. The number of hydrogen-bond acceptors (Lipinski definition) is 8. The average Bonchev–Trinajstić information content (AvgIpc) is 3.42. The van der Waals surface area contributed by atoms with Gasteiger partial charge in [0.05, 0.1) is 35.7 Å². The van der Waals surface area contributed by atoms with E-state index in [0.717, 1.165) is 38.8 Å². The van der Waals surface area contributed by atoms with Crippen LogP contribution in [0.5, 0.6) is 0 Å². The minimum atomic E-state index is -0.784. The largest absolute Gasteiger partial charge is 0.385 e. The first-order valence-electron chi connectivity index (χ1n) is 13.4. The van der Waals surface area contributed by atoms with Crippen LogP contribution in [-0.2, 0) is 19.0 Å². The summed E-state index contributed by atoms with van der Waals surface area (Å²) >= 11 is 0. The number of nitrogens with zero attached hydrogens (tertiary/aromatic N) is 4. The molecule has 0 spiro atoms. The number of aromatic amines is 1. The standard InChI is InChI=1S/C28H35FN6O4/c1-28(26(36)35-14-4-3-5-15-35)17-38-25(39-18-28)24-33-22(19-7-9-20(29)10-8-19)23(34-24)21-11-13-31-27(32-21)30-12-6-16-37-2/h7-11,13,25H,3-6,12,14-18H2,1-2H3,(H,33,34)(H,30,31,32). The molecule has 0 radical (unpaired) electrons. The van der Waals surface area contributed by atoms with Crippen LogP contribution in [0, 0.1) is 11.2 Å². The summed E-state index contributed by atoms with van der Waals surface area (Å²) in [6, 6.07) is 7.90. The highest BCUT2D eigenvalue weighted by Crippen LogP contribution is 2.36. The predicted molar refractivity (Wildman–Crippen MR) is 143 cm³/mol. The molecule has 11 heteroatoms. The first-order chi connectivity index (χ1) is 19.0. The zero-order valence-corrected chi connectivity index (χ0v) is 22.4. The van der Waals surface area contributed by atoms with Crippen molar-refractivity contribution in [3.8, 4) is 22.6 Å². The number of anilines is 1. The predicted octanol–water partition coefficient (Wildman–Crippen LogP) is 4.19. The van der Waals surface area contributed by atoms with E-state index < -0.39 is 11.7 Å². The summed E-state index contributed by atoms with van der Waals surface area (Å²) in [4.78, 5) is 32.2. The first-order valence-corrected chi connectivity index (χ1v) is 13.4. The monoisotopic (exact) mass is 538 g/mol. The number of nitrogens with one attached hydrogen (secondary N) is 2. The van der Waals surface area contributed by atoms with Crippen LogP contribution in [0.25, 0.3) is 22.6 Å². The van der Waals surface area contributed by atoms with E-state index in [9.17, 15) is 9.18 Å². The lowest BCUT2D eigenvalue weighted by atomic mass is 9.89. The zero-order chi connectivity index (χ0) is 27.2. The lowest BCUT2D eigenvalue weighted by Gasteiger charge is -2.40. The highest BCUT2D eigenvalue weighted by molar-refractivity contribution is 5.83. The number of benzene rings is 1. The van der Waals surface area contributed by atoms with Gasteiger partial charge in [0.15, 0.2) is 5.82 Å². The molecule has 39 heavy (non-hydrogen) atoms. The minimum Gasteiger partial charge on any atom is -0.385 e. The van der Waals surface area contributed by atoms with Gasteiger partial charge in [0.25, 0.3) is 0 Å². The van der Waals surface area contributed by atoms with E-state index in [0.29, 0.717) is 47.6 Å². The number of halogens is 1. The maximum atomic E-state index is 13.7. The third kappa shape index (κ3) is 6.26. The van der Waals surface area contributed by atoms with Crippen molar-refractivity contribution in [2.45, 2.75) is 38.9 Å². The van der Waals surface area contributed by atoms with E-state index in [4.69, 9.17) is 19.2 Å². The number of rotatable bonds is 9. The Morgan fingerprint density at radius 2 is 1.90 bits per heavy atom. The number of methoxy groups -OCH3 is 1. The number of amides is 1. The third-order valence-electron chi connectivity index (χ3n) is 7.05. The molecule has 4 heterocycles. The van der Waals surface area contributed by atoms with Crippen LogP contribution in [0.1, 0.15) is 44.7 Å². The van der Waals surface area contributed by atoms with Gasteiger partial charge < -0.3 is 29.4 Å². The van der Waals surface area contributed by atoms with E-state index in [1.54, 1.807) is 31.5 Å². The molecule has 208 valence electrons. The summed E-state index contributed by atoms with van der Waals surface area (Å²) < 4.78 is 30.9. The van der Waals surface area contributed by atoms with Crippen LogP contribution >= 0.6 is 0 Å². The van der Waals surface area contributed by atoms with Gasteiger partial charge in [-0.3, -0.25) is 4.79 Å². The van der Waals surface area contributed by atoms with Crippen molar-refractivity contribution in [3.05, 3.63) is 48.2 Å². The van der Waals surface area contributed by atoms with E-state index in [1.807, 2.05) is 11.8 Å². The Hall–Kier alpha value is -3.41. The number of hydrogen-bond donors (Lipinski definition) is 2. The van der Waals surface area contributed by atoms with Gasteiger partial charge in [-0.15, -0.1) is 0 Å². The molecule has 5 rings (SSSR count). The summed E-state index contributed by atoms with van der Waals surface area (Å²) in [5.41, 5.74) is 1.78. The number of H-pyrrole nitrogens is 1. The summed E-state index contributed by atoms with van der Waals surface area (Å²) in [5.74, 6) is 0.656. The van der Waals surface area contributed by atoms with E-state index in [1.165, 1.54) is 12.1 Å². The number of likely N-dealkylation sites (tertiary alicyclic amines) is 1. The van der Waals surface area contributed by atoms with Crippen molar-refractivity contribution in [2.24, 2.45) is 5.41 Å². The number of carbonyl (C=O) groups excluding carboxylic acids is 1. The molecular formula is C28H35FN6O4. The molecule has 3 aromatic rings. The van der Waals surface area contributed by atoms with E-state index in [2.05, 4.69) is 20.3 Å². The van der Waals surface area contributed by atoms with Gasteiger partial charge in [0.1, 0.15) is 5.82 Å². The van der Waals surface area contributed by atoms with Crippen molar-refractivity contribution in [1.82, 2.24) is 24.8 Å². The molecule has 10 nitrogen and oxygen atoms in total. The molecule has 2 aliphatic rings. The number of imidazole rings is 1.